The van der Waals surface area contributed by atoms with Gasteiger partial charge in [-0.3, -0.25) is 0 Å². The van der Waals surface area contributed by atoms with Crippen molar-refractivity contribution in [3.05, 3.63) is 16.5 Å². The van der Waals surface area contributed by atoms with Gasteiger partial charge in [0, 0.05) is 18.0 Å². The first-order valence-electron chi connectivity index (χ1n) is 5.83. The van der Waals surface area contributed by atoms with Crippen LogP contribution >= 0.6 is 23.4 Å². The Kier molecular flexibility index (Phi) is 6.06. The molecular formula is C12H20ClN3S. The molecule has 0 spiro atoms. The van der Waals surface area contributed by atoms with E-state index in [4.69, 9.17) is 11.6 Å². The lowest BCUT2D eigenvalue weighted by atomic mass is 10.2. The van der Waals surface area contributed by atoms with E-state index in [1.54, 1.807) is 0 Å². The number of thioether (sulfide) groups is 1. The smallest absolute Gasteiger partial charge is 0.137 e. The molecule has 96 valence electrons. The molecule has 0 saturated carbocycles. The molecule has 1 rings (SSSR count). The first-order valence-corrected chi connectivity index (χ1v) is 7.60. The molecule has 1 aromatic heterocycles. The van der Waals surface area contributed by atoms with Gasteiger partial charge in [-0.15, -0.1) is 0 Å². The van der Waals surface area contributed by atoms with Crippen LogP contribution in [0.4, 0.5) is 5.82 Å². The quantitative estimate of drug-likeness (QED) is 0.633. The van der Waals surface area contributed by atoms with E-state index in [1.807, 2.05) is 18.7 Å². The monoisotopic (exact) mass is 273 g/mol. The van der Waals surface area contributed by atoms with Crippen molar-refractivity contribution >= 4 is 29.2 Å². The third-order valence-electron chi connectivity index (χ3n) is 2.44. The van der Waals surface area contributed by atoms with Crippen molar-refractivity contribution in [2.24, 2.45) is 0 Å². The number of halogens is 1. The number of nitrogens with one attached hydrogen (secondary N) is 1. The highest BCUT2D eigenvalue weighted by molar-refractivity contribution is 7.98. The predicted octanol–water partition coefficient (Wildman–Crippen LogP) is 3.73. The highest BCUT2D eigenvalue weighted by atomic mass is 35.5. The zero-order valence-corrected chi connectivity index (χ0v) is 12.5. The van der Waals surface area contributed by atoms with Crippen LogP contribution in [0.25, 0.3) is 0 Å². The number of rotatable bonds is 6. The first kappa shape index (κ1) is 14.6. The van der Waals surface area contributed by atoms with E-state index in [2.05, 4.69) is 35.4 Å². The standard InChI is InChI=1S/C12H20ClN3S/c1-8(2)11-15-10(13)9(3)12(16-11)14-6-5-7-17-4/h8H,5-7H2,1-4H3,(H,14,15,16). The Bertz CT molecular complexity index is 369. The molecular weight excluding hydrogens is 254 g/mol. The van der Waals surface area contributed by atoms with Crippen LogP contribution in [0.2, 0.25) is 5.15 Å². The fourth-order valence-electron chi connectivity index (χ4n) is 1.36. The van der Waals surface area contributed by atoms with Crippen molar-refractivity contribution in [2.45, 2.75) is 33.1 Å². The molecule has 3 nitrogen and oxygen atoms in total. The van der Waals surface area contributed by atoms with Crippen LogP contribution in [-0.4, -0.2) is 28.5 Å². The molecule has 0 aromatic carbocycles. The van der Waals surface area contributed by atoms with Crippen molar-refractivity contribution in [1.82, 2.24) is 9.97 Å². The van der Waals surface area contributed by atoms with Crippen LogP contribution < -0.4 is 5.32 Å². The summed E-state index contributed by atoms with van der Waals surface area (Å²) in [4.78, 5) is 8.80. The molecule has 0 aliphatic carbocycles. The van der Waals surface area contributed by atoms with Gasteiger partial charge < -0.3 is 5.32 Å². The molecule has 0 bridgehead atoms. The maximum atomic E-state index is 6.11. The number of aromatic nitrogens is 2. The molecule has 0 atom stereocenters. The highest BCUT2D eigenvalue weighted by Gasteiger charge is 2.11. The minimum atomic E-state index is 0.292. The Morgan fingerprint density at radius 1 is 1.35 bits per heavy atom. The number of hydrogen-bond acceptors (Lipinski definition) is 4. The average Bonchev–Trinajstić information content (AvgIpc) is 2.29. The van der Waals surface area contributed by atoms with E-state index in [-0.39, 0.29) is 0 Å². The third-order valence-corrected chi connectivity index (χ3v) is 3.50. The van der Waals surface area contributed by atoms with Gasteiger partial charge in [0.05, 0.1) is 0 Å². The van der Waals surface area contributed by atoms with Crippen LogP contribution in [0.5, 0.6) is 0 Å². The average molecular weight is 274 g/mol. The molecule has 0 fully saturated rings. The van der Waals surface area contributed by atoms with Crippen molar-refractivity contribution in [2.75, 3.05) is 23.9 Å². The second-order valence-corrected chi connectivity index (χ2v) is 5.62. The lowest BCUT2D eigenvalue weighted by molar-refractivity contribution is 0.771. The molecule has 0 aliphatic heterocycles. The van der Waals surface area contributed by atoms with Crippen LogP contribution in [0.3, 0.4) is 0 Å². The summed E-state index contributed by atoms with van der Waals surface area (Å²) in [5.41, 5.74) is 0.931. The van der Waals surface area contributed by atoms with Gasteiger partial charge in [-0.05, 0) is 25.4 Å². The van der Waals surface area contributed by atoms with Crippen LogP contribution in [0.15, 0.2) is 0 Å². The van der Waals surface area contributed by atoms with Gasteiger partial charge in [-0.1, -0.05) is 25.4 Å². The molecule has 0 amide bonds. The zero-order valence-electron chi connectivity index (χ0n) is 10.9. The second kappa shape index (κ2) is 7.07. The van der Waals surface area contributed by atoms with Gasteiger partial charge in [-0.2, -0.15) is 11.8 Å². The molecule has 0 radical (unpaired) electrons. The fraction of sp³-hybridized carbons (Fsp3) is 0.667. The lowest BCUT2D eigenvalue weighted by Gasteiger charge is -2.12. The maximum Gasteiger partial charge on any atom is 0.137 e. The van der Waals surface area contributed by atoms with Crippen molar-refractivity contribution in [3.63, 3.8) is 0 Å². The summed E-state index contributed by atoms with van der Waals surface area (Å²) < 4.78 is 0. The molecule has 0 unspecified atom stereocenters. The van der Waals surface area contributed by atoms with Crippen LogP contribution in [-0.2, 0) is 0 Å². The van der Waals surface area contributed by atoms with Crippen molar-refractivity contribution in [1.29, 1.82) is 0 Å². The molecule has 1 heterocycles. The first-order chi connectivity index (χ1) is 8.06. The molecule has 5 heteroatoms. The highest BCUT2D eigenvalue weighted by Crippen LogP contribution is 2.22. The summed E-state index contributed by atoms with van der Waals surface area (Å²) in [7, 11) is 0. The molecule has 1 N–H and O–H groups in total. The van der Waals surface area contributed by atoms with Gasteiger partial charge in [-0.25, -0.2) is 9.97 Å². The van der Waals surface area contributed by atoms with E-state index in [0.717, 1.165) is 35.9 Å². The van der Waals surface area contributed by atoms with E-state index >= 15 is 0 Å². The molecule has 1 aromatic rings. The largest absolute Gasteiger partial charge is 0.370 e. The van der Waals surface area contributed by atoms with E-state index < -0.39 is 0 Å². The minimum Gasteiger partial charge on any atom is -0.370 e. The predicted molar refractivity (Wildman–Crippen MR) is 77.4 cm³/mol. The summed E-state index contributed by atoms with van der Waals surface area (Å²) >= 11 is 7.96. The maximum absolute atomic E-state index is 6.11. The van der Waals surface area contributed by atoms with E-state index in [0.29, 0.717) is 11.1 Å². The Balaban J connectivity index is 2.75. The van der Waals surface area contributed by atoms with E-state index in [9.17, 15) is 0 Å². The minimum absolute atomic E-state index is 0.292. The SMILES string of the molecule is CSCCCNc1nc(C(C)C)nc(Cl)c1C. The number of nitrogens with zero attached hydrogens (tertiary/aromatic N) is 2. The van der Waals surface area contributed by atoms with Gasteiger partial charge >= 0.3 is 0 Å². The Morgan fingerprint density at radius 3 is 2.65 bits per heavy atom. The molecule has 17 heavy (non-hydrogen) atoms. The van der Waals surface area contributed by atoms with Crippen molar-refractivity contribution in [3.8, 4) is 0 Å². The summed E-state index contributed by atoms with van der Waals surface area (Å²) in [6.07, 6.45) is 3.24. The van der Waals surface area contributed by atoms with Crippen LogP contribution in [0, 0.1) is 6.92 Å². The van der Waals surface area contributed by atoms with Gasteiger partial charge in [0.1, 0.15) is 16.8 Å². The zero-order chi connectivity index (χ0) is 12.8. The normalized spacial score (nSPS) is 10.9. The Labute approximate surface area is 113 Å². The Hall–Kier alpha value is -0.480. The van der Waals surface area contributed by atoms with Gasteiger partial charge in [0.2, 0.25) is 0 Å². The lowest BCUT2D eigenvalue weighted by Crippen LogP contribution is -2.09. The number of anilines is 1. The van der Waals surface area contributed by atoms with E-state index in [1.165, 1.54) is 0 Å². The summed E-state index contributed by atoms with van der Waals surface area (Å²) in [5.74, 6) is 3.12. The third kappa shape index (κ3) is 4.36. The second-order valence-electron chi connectivity index (χ2n) is 4.27. The number of hydrogen-bond donors (Lipinski definition) is 1. The summed E-state index contributed by atoms with van der Waals surface area (Å²) in [6.45, 7) is 7.01. The summed E-state index contributed by atoms with van der Waals surface area (Å²) in [5, 5.41) is 3.89. The Morgan fingerprint density at radius 2 is 2.06 bits per heavy atom. The molecule has 0 saturated heterocycles. The van der Waals surface area contributed by atoms with Crippen molar-refractivity contribution < 1.29 is 0 Å². The van der Waals surface area contributed by atoms with Gasteiger partial charge in [0.25, 0.3) is 0 Å². The van der Waals surface area contributed by atoms with Crippen LogP contribution in [0.1, 0.15) is 37.6 Å². The topological polar surface area (TPSA) is 37.8 Å². The fourth-order valence-corrected chi connectivity index (χ4v) is 1.97. The molecule has 0 aliphatic rings. The summed E-state index contributed by atoms with van der Waals surface area (Å²) in [6, 6.07) is 0. The van der Waals surface area contributed by atoms with Gasteiger partial charge in [0.15, 0.2) is 0 Å².